The lowest BCUT2D eigenvalue weighted by molar-refractivity contribution is -0.384. The number of benzene rings is 1. The van der Waals surface area contributed by atoms with Gasteiger partial charge in [0.15, 0.2) is 0 Å². The normalized spacial score (nSPS) is 21.0. The molecule has 0 radical (unpaired) electrons. The van der Waals surface area contributed by atoms with E-state index in [9.17, 15) is 14.9 Å². The highest BCUT2D eigenvalue weighted by Crippen LogP contribution is 2.32. The number of likely N-dealkylation sites (tertiary alicyclic amines) is 1. The van der Waals surface area contributed by atoms with E-state index < -0.39 is 4.92 Å². The fourth-order valence-corrected chi connectivity index (χ4v) is 3.32. The second-order valence-electron chi connectivity index (χ2n) is 6.05. The third kappa shape index (κ3) is 3.14. The number of anilines is 1. The first-order chi connectivity index (χ1) is 11.1. The average molecular weight is 319 g/mol. The Labute approximate surface area is 135 Å². The van der Waals surface area contributed by atoms with Crippen LogP contribution in [0.3, 0.4) is 0 Å². The van der Waals surface area contributed by atoms with Crippen LogP contribution in [0, 0.1) is 10.1 Å². The van der Waals surface area contributed by atoms with Crippen molar-refractivity contribution in [3.8, 4) is 0 Å². The lowest BCUT2D eigenvalue weighted by Gasteiger charge is -2.19. The number of nitrogens with zero attached hydrogens (tertiary/aromatic N) is 3. The van der Waals surface area contributed by atoms with Gasteiger partial charge in [-0.3, -0.25) is 14.9 Å². The van der Waals surface area contributed by atoms with E-state index in [-0.39, 0.29) is 17.7 Å². The van der Waals surface area contributed by atoms with Gasteiger partial charge in [0, 0.05) is 44.9 Å². The van der Waals surface area contributed by atoms with Gasteiger partial charge in [0.25, 0.3) is 11.6 Å². The molecule has 0 spiro atoms. The van der Waals surface area contributed by atoms with Crippen molar-refractivity contribution in [2.75, 3.05) is 38.2 Å². The van der Waals surface area contributed by atoms with Crippen molar-refractivity contribution in [2.24, 2.45) is 0 Å². The summed E-state index contributed by atoms with van der Waals surface area (Å²) in [4.78, 5) is 27.3. The largest absolute Gasteiger partial charge is 0.380 e. The minimum atomic E-state index is -0.396. The third-order valence-electron chi connectivity index (χ3n) is 4.63. The number of ether oxygens (including phenoxy) is 1. The first-order valence-electron chi connectivity index (χ1n) is 7.95. The molecule has 1 aromatic carbocycles. The van der Waals surface area contributed by atoms with Gasteiger partial charge in [0.05, 0.1) is 11.0 Å². The summed E-state index contributed by atoms with van der Waals surface area (Å²) >= 11 is 0. The quantitative estimate of drug-likeness (QED) is 0.627. The van der Waals surface area contributed by atoms with E-state index in [2.05, 4.69) is 0 Å². The van der Waals surface area contributed by atoms with Gasteiger partial charge < -0.3 is 14.5 Å². The summed E-state index contributed by atoms with van der Waals surface area (Å²) in [5.74, 6) is -0.166. The van der Waals surface area contributed by atoms with E-state index in [0.717, 1.165) is 32.4 Å². The number of methoxy groups -OCH3 is 1. The topological polar surface area (TPSA) is 75.9 Å². The number of carbonyl (C=O) groups is 1. The molecule has 7 heteroatoms. The standard InChI is InChI=1S/C16H21N3O4/c1-23-13-6-9-18(11-13)16(20)12-4-5-14(15(10-12)19(21)22)17-7-2-3-8-17/h4-5,10,13H,2-3,6-9,11H2,1H3. The Kier molecular flexibility index (Phi) is 4.47. The molecule has 2 aliphatic rings. The molecule has 1 aromatic rings. The van der Waals surface area contributed by atoms with E-state index in [1.807, 2.05) is 4.90 Å². The van der Waals surface area contributed by atoms with Crippen molar-refractivity contribution in [2.45, 2.75) is 25.4 Å². The number of amides is 1. The van der Waals surface area contributed by atoms with E-state index in [1.165, 1.54) is 6.07 Å². The molecule has 2 aliphatic heterocycles. The second-order valence-corrected chi connectivity index (χ2v) is 6.05. The number of nitro groups is 1. The lowest BCUT2D eigenvalue weighted by atomic mass is 10.1. The maximum atomic E-state index is 12.5. The van der Waals surface area contributed by atoms with Crippen molar-refractivity contribution >= 4 is 17.3 Å². The molecular formula is C16H21N3O4. The van der Waals surface area contributed by atoms with Gasteiger partial charge in [-0.15, -0.1) is 0 Å². The summed E-state index contributed by atoms with van der Waals surface area (Å²) < 4.78 is 5.27. The number of rotatable bonds is 4. The van der Waals surface area contributed by atoms with Crippen molar-refractivity contribution in [1.29, 1.82) is 0 Å². The predicted octanol–water partition coefficient (Wildman–Crippen LogP) is 2.06. The van der Waals surface area contributed by atoms with Gasteiger partial charge in [-0.25, -0.2) is 0 Å². The van der Waals surface area contributed by atoms with Crippen LogP contribution in [0.2, 0.25) is 0 Å². The maximum Gasteiger partial charge on any atom is 0.293 e. The molecule has 0 aromatic heterocycles. The van der Waals surface area contributed by atoms with Crippen molar-refractivity contribution in [3.05, 3.63) is 33.9 Å². The molecule has 0 bridgehead atoms. The average Bonchev–Trinajstić information content (AvgIpc) is 3.24. The molecule has 23 heavy (non-hydrogen) atoms. The van der Waals surface area contributed by atoms with Crippen LogP contribution in [0.5, 0.6) is 0 Å². The Balaban J connectivity index is 1.84. The molecule has 2 saturated heterocycles. The van der Waals surface area contributed by atoms with Crippen LogP contribution in [0.15, 0.2) is 18.2 Å². The molecule has 0 aliphatic carbocycles. The lowest BCUT2D eigenvalue weighted by Crippen LogP contribution is -2.30. The maximum absolute atomic E-state index is 12.5. The Morgan fingerprint density at radius 3 is 2.65 bits per heavy atom. The summed E-state index contributed by atoms with van der Waals surface area (Å²) in [6.07, 6.45) is 2.95. The first-order valence-corrected chi connectivity index (χ1v) is 7.95. The van der Waals surface area contributed by atoms with Gasteiger partial charge in [0.1, 0.15) is 5.69 Å². The van der Waals surface area contributed by atoms with E-state index >= 15 is 0 Å². The van der Waals surface area contributed by atoms with Gasteiger partial charge in [-0.05, 0) is 31.4 Å². The minimum absolute atomic E-state index is 0.0141. The van der Waals surface area contributed by atoms with Gasteiger partial charge in [-0.2, -0.15) is 0 Å². The predicted molar refractivity (Wildman–Crippen MR) is 85.9 cm³/mol. The zero-order valence-electron chi connectivity index (χ0n) is 13.2. The Morgan fingerprint density at radius 2 is 2.04 bits per heavy atom. The Hall–Kier alpha value is -2.15. The number of nitro benzene ring substituents is 1. The molecule has 3 rings (SSSR count). The molecular weight excluding hydrogens is 298 g/mol. The van der Waals surface area contributed by atoms with Crippen LogP contribution in [0.25, 0.3) is 0 Å². The SMILES string of the molecule is COC1CCN(C(=O)c2ccc(N3CCCC3)c([N+](=O)[O-])c2)C1. The molecule has 1 unspecified atom stereocenters. The van der Waals surface area contributed by atoms with E-state index in [1.54, 1.807) is 24.1 Å². The first kappa shape index (κ1) is 15.7. The molecule has 2 fully saturated rings. The Bertz CT molecular complexity index is 613. The zero-order valence-corrected chi connectivity index (χ0v) is 13.2. The Morgan fingerprint density at radius 1 is 1.30 bits per heavy atom. The summed E-state index contributed by atoms with van der Waals surface area (Å²) in [5.41, 5.74) is 0.997. The summed E-state index contributed by atoms with van der Waals surface area (Å²) in [7, 11) is 1.63. The number of hydrogen-bond donors (Lipinski definition) is 0. The van der Waals surface area contributed by atoms with Crippen LogP contribution in [0.4, 0.5) is 11.4 Å². The minimum Gasteiger partial charge on any atom is -0.380 e. The van der Waals surface area contributed by atoms with Crippen LogP contribution in [0.1, 0.15) is 29.6 Å². The van der Waals surface area contributed by atoms with Crippen LogP contribution in [-0.4, -0.2) is 55.1 Å². The van der Waals surface area contributed by atoms with Crippen LogP contribution in [-0.2, 0) is 4.74 Å². The fourth-order valence-electron chi connectivity index (χ4n) is 3.32. The van der Waals surface area contributed by atoms with Crippen molar-refractivity contribution in [3.63, 3.8) is 0 Å². The highest BCUT2D eigenvalue weighted by atomic mass is 16.6. The summed E-state index contributed by atoms with van der Waals surface area (Å²) in [6.45, 7) is 2.82. The monoisotopic (exact) mass is 319 g/mol. The van der Waals surface area contributed by atoms with E-state index in [4.69, 9.17) is 4.74 Å². The van der Waals surface area contributed by atoms with Gasteiger partial charge >= 0.3 is 0 Å². The smallest absolute Gasteiger partial charge is 0.293 e. The van der Waals surface area contributed by atoms with Gasteiger partial charge in [-0.1, -0.05) is 0 Å². The number of carbonyl (C=O) groups excluding carboxylic acids is 1. The van der Waals surface area contributed by atoms with Crippen molar-refractivity contribution < 1.29 is 14.5 Å². The van der Waals surface area contributed by atoms with Gasteiger partial charge in [0.2, 0.25) is 0 Å². The molecule has 124 valence electrons. The molecule has 2 heterocycles. The third-order valence-corrected chi connectivity index (χ3v) is 4.63. The van der Waals surface area contributed by atoms with Crippen molar-refractivity contribution in [1.82, 2.24) is 4.90 Å². The molecule has 1 amide bonds. The molecule has 7 nitrogen and oxygen atoms in total. The highest BCUT2D eigenvalue weighted by Gasteiger charge is 2.29. The van der Waals surface area contributed by atoms with E-state index in [0.29, 0.717) is 24.3 Å². The molecule has 1 atom stereocenters. The fraction of sp³-hybridized carbons (Fsp3) is 0.562. The van der Waals surface area contributed by atoms with Crippen LogP contribution >= 0.6 is 0 Å². The molecule has 0 saturated carbocycles. The summed E-state index contributed by atoms with van der Waals surface area (Å²) in [5, 5.41) is 11.4. The van der Waals surface area contributed by atoms with Crippen LogP contribution < -0.4 is 4.90 Å². The molecule has 0 N–H and O–H groups in total. The number of hydrogen-bond acceptors (Lipinski definition) is 5. The zero-order chi connectivity index (χ0) is 16.4. The second kappa shape index (κ2) is 6.54. The summed E-state index contributed by atoms with van der Waals surface area (Å²) in [6, 6.07) is 4.82. The highest BCUT2D eigenvalue weighted by molar-refractivity contribution is 5.96.